The van der Waals surface area contributed by atoms with Gasteiger partial charge in [-0.3, -0.25) is 10.1 Å². The summed E-state index contributed by atoms with van der Waals surface area (Å²) < 4.78 is 9.93. The van der Waals surface area contributed by atoms with Crippen LogP contribution < -0.4 is 10.6 Å². The van der Waals surface area contributed by atoms with Crippen molar-refractivity contribution in [2.45, 2.75) is 33.3 Å². The van der Waals surface area contributed by atoms with E-state index in [1.165, 1.54) is 18.2 Å². The minimum absolute atomic E-state index is 0.117. The van der Waals surface area contributed by atoms with E-state index in [9.17, 15) is 19.7 Å². The van der Waals surface area contributed by atoms with E-state index in [0.717, 1.165) is 0 Å². The second-order valence-electron chi connectivity index (χ2n) is 6.44. The van der Waals surface area contributed by atoms with Crippen molar-refractivity contribution in [3.05, 3.63) is 46.0 Å². The maximum Gasteiger partial charge on any atom is 0.407 e. The Kier molecular flexibility index (Phi) is 8.25. The fourth-order valence-electron chi connectivity index (χ4n) is 1.97. The molecule has 0 saturated carbocycles. The number of rotatable bonds is 8. The van der Waals surface area contributed by atoms with Crippen LogP contribution in [0.3, 0.4) is 0 Å². The number of ether oxygens (including phenoxy) is 2. The first-order chi connectivity index (χ1) is 12.6. The van der Waals surface area contributed by atoms with Crippen molar-refractivity contribution in [2.75, 3.05) is 25.0 Å². The van der Waals surface area contributed by atoms with Gasteiger partial charge in [-0.25, -0.2) is 9.59 Å². The third kappa shape index (κ3) is 8.21. The molecule has 0 unspecified atom stereocenters. The van der Waals surface area contributed by atoms with Crippen molar-refractivity contribution < 1.29 is 24.0 Å². The number of carbonyl (C=O) groups excluding carboxylic acids is 2. The van der Waals surface area contributed by atoms with E-state index in [1.54, 1.807) is 39.8 Å². The summed E-state index contributed by atoms with van der Waals surface area (Å²) in [7, 11) is 0. The van der Waals surface area contributed by atoms with Crippen LogP contribution in [0.5, 0.6) is 0 Å². The number of hydrogen-bond acceptors (Lipinski definition) is 7. The van der Waals surface area contributed by atoms with E-state index in [0.29, 0.717) is 6.54 Å². The molecule has 0 aromatic heterocycles. The molecule has 1 rings (SSSR count). The van der Waals surface area contributed by atoms with Crippen molar-refractivity contribution >= 4 is 23.4 Å². The summed E-state index contributed by atoms with van der Waals surface area (Å²) in [6.45, 7) is 7.72. The summed E-state index contributed by atoms with van der Waals surface area (Å²) in [4.78, 5) is 33.8. The summed E-state index contributed by atoms with van der Waals surface area (Å²) in [5.74, 6) is -0.611. The number of carbonyl (C=O) groups is 2. The first-order valence-electron chi connectivity index (χ1n) is 8.45. The zero-order valence-corrected chi connectivity index (χ0v) is 15.9. The molecule has 0 atom stereocenters. The van der Waals surface area contributed by atoms with E-state index in [1.807, 2.05) is 0 Å². The molecule has 9 nitrogen and oxygen atoms in total. The van der Waals surface area contributed by atoms with Crippen LogP contribution in [0.25, 0.3) is 0 Å². The topological polar surface area (TPSA) is 120 Å². The average Bonchev–Trinajstić information content (AvgIpc) is 2.56. The van der Waals surface area contributed by atoms with Crippen molar-refractivity contribution in [3.63, 3.8) is 0 Å². The van der Waals surface area contributed by atoms with Crippen LogP contribution in [-0.2, 0) is 9.47 Å². The lowest BCUT2D eigenvalue weighted by Gasteiger charge is -2.19. The maximum atomic E-state index is 11.7. The first-order valence-corrected chi connectivity index (χ1v) is 8.45. The number of nitro groups is 1. The largest absolute Gasteiger partial charge is 0.462 e. The monoisotopic (exact) mass is 379 g/mol. The molecule has 148 valence electrons. The highest BCUT2D eigenvalue weighted by Crippen LogP contribution is 2.25. The number of alkyl carbamates (subject to hydrolysis) is 1. The molecule has 1 aromatic rings. The fraction of sp³-hybridized carbons (Fsp3) is 0.444. The van der Waals surface area contributed by atoms with Gasteiger partial charge in [0.15, 0.2) is 0 Å². The molecule has 0 heterocycles. The van der Waals surface area contributed by atoms with Crippen LogP contribution in [-0.4, -0.2) is 42.3 Å². The molecule has 1 amide bonds. The van der Waals surface area contributed by atoms with Crippen LogP contribution in [0.1, 0.15) is 38.1 Å². The number of hydrogen-bond donors (Lipinski definition) is 2. The third-order valence-electron chi connectivity index (χ3n) is 3.05. The predicted octanol–water partition coefficient (Wildman–Crippen LogP) is 3.26. The molecule has 0 radical (unpaired) electrons. The molecule has 0 spiro atoms. The smallest absolute Gasteiger partial charge is 0.407 e. The molecule has 2 N–H and O–H groups in total. The lowest BCUT2D eigenvalue weighted by molar-refractivity contribution is -0.384. The second kappa shape index (κ2) is 10.1. The summed E-state index contributed by atoms with van der Waals surface area (Å²) in [5.41, 5.74) is -0.394. The first kappa shape index (κ1) is 21.9. The van der Waals surface area contributed by atoms with Crippen LogP contribution in [0.4, 0.5) is 16.2 Å². The maximum absolute atomic E-state index is 11.7. The molecule has 9 heteroatoms. The zero-order chi connectivity index (χ0) is 20.4. The quantitative estimate of drug-likeness (QED) is 0.308. The van der Waals surface area contributed by atoms with Crippen LogP contribution in [0.2, 0.25) is 0 Å². The molecular formula is C18H25N3O6. The van der Waals surface area contributed by atoms with E-state index >= 15 is 0 Å². The minimum Gasteiger partial charge on any atom is -0.462 e. The number of esters is 1. The van der Waals surface area contributed by atoms with E-state index in [2.05, 4.69) is 10.6 Å². The number of anilines is 1. The van der Waals surface area contributed by atoms with Gasteiger partial charge in [0.05, 0.1) is 17.1 Å². The molecule has 0 aliphatic heterocycles. The summed E-state index contributed by atoms with van der Waals surface area (Å²) in [5, 5.41) is 16.7. The highest BCUT2D eigenvalue weighted by atomic mass is 16.6. The Labute approximate surface area is 157 Å². The van der Waals surface area contributed by atoms with E-state index in [4.69, 9.17) is 9.47 Å². The molecule has 0 fully saturated rings. The highest BCUT2D eigenvalue weighted by Gasteiger charge is 2.18. The zero-order valence-electron chi connectivity index (χ0n) is 15.9. The SMILES string of the molecule is CCOC(=O)c1ccc(NCC=CCNC(=O)OC(C)(C)C)c([N+](=O)[O-])c1. The molecule has 0 bridgehead atoms. The van der Waals surface area contributed by atoms with Crippen molar-refractivity contribution in [1.82, 2.24) is 5.32 Å². The number of nitrogens with zero attached hydrogens (tertiary/aromatic N) is 1. The number of benzene rings is 1. The van der Waals surface area contributed by atoms with E-state index in [-0.39, 0.29) is 30.1 Å². The lowest BCUT2D eigenvalue weighted by Crippen LogP contribution is -2.32. The molecule has 1 aromatic carbocycles. The lowest BCUT2D eigenvalue weighted by atomic mass is 10.1. The number of nitro benzene ring substituents is 1. The van der Waals surface area contributed by atoms with Gasteiger partial charge >= 0.3 is 12.1 Å². The Balaban J connectivity index is 2.57. The third-order valence-corrected chi connectivity index (χ3v) is 3.05. The van der Waals surface area contributed by atoms with Crippen molar-refractivity contribution in [1.29, 1.82) is 0 Å². The summed E-state index contributed by atoms with van der Waals surface area (Å²) >= 11 is 0. The van der Waals surface area contributed by atoms with Gasteiger partial charge in [-0.1, -0.05) is 12.2 Å². The van der Waals surface area contributed by atoms with Crippen molar-refractivity contribution in [3.8, 4) is 0 Å². The standard InChI is InChI=1S/C18H25N3O6/c1-5-26-16(22)13-8-9-14(15(12-13)21(24)25)19-10-6-7-11-20-17(23)27-18(2,3)4/h6-9,12,19H,5,10-11H2,1-4H3,(H,20,23). The Morgan fingerprint density at radius 3 is 2.48 bits per heavy atom. The van der Waals surface area contributed by atoms with Gasteiger partial charge < -0.3 is 20.1 Å². The van der Waals surface area contributed by atoms with Gasteiger partial charge in [0.2, 0.25) is 0 Å². The molecule has 0 saturated heterocycles. The predicted molar refractivity (Wildman–Crippen MR) is 101 cm³/mol. The molecule has 27 heavy (non-hydrogen) atoms. The molecule has 0 aliphatic rings. The fourth-order valence-corrected chi connectivity index (χ4v) is 1.97. The second-order valence-corrected chi connectivity index (χ2v) is 6.44. The average molecular weight is 379 g/mol. The normalized spacial score (nSPS) is 11.1. The van der Waals surface area contributed by atoms with Gasteiger partial charge in [-0.05, 0) is 39.8 Å². The Bertz CT molecular complexity index is 710. The number of nitrogens with one attached hydrogen (secondary N) is 2. The molecule has 0 aliphatic carbocycles. The van der Waals surface area contributed by atoms with Gasteiger partial charge in [-0.2, -0.15) is 0 Å². The Morgan fingerprint density at radius 1 is 1.22 bits per heavy atom. The summed E-state index contributed by atoms with van der Waals surface area (Å²) in [6, 6.07) is 4.09. The van der Waals surface area contributed by atoms with Crippen LogP contribution in [0, 0.1) is 10.1 Å². The van der Waals surface area contributed by atoms with Crippen molar-refractivity contribution in [2.24, 2.45) is 0 Å². The minimum atomic E-state index is -0.611. The highest BCUT2D eigenvalue weighted by molar-refractivity contribution is 5.91. The number of amides is 1. The Hall–Kier alpha value is -3.10. The van der Waals surface area contributed by atoms with Crippen LogP contribution in [0.15, 0.2) is 30.4 Å². The molecular weight excluding hydrogens is 354 g/mol. The van der Waals surface area contributed by atoms with Gasteiger partial charge in [0, 0.05) is 19.2 Å². The van der Waals surface area contributed by atoms with Crippen LogP contribution >= 0.6 is 0 Å². The summed E-state index contributed by atoms with van der Waals surface area (Å²) in [6.07, 6.45) is 2.88. The van der Waals surface area contributed by atoms with Gasteiger partial charge in [-0.15, -0.1) is 0 Å². The Morgan fingerprint density at radius 2 is 1.89 bits per heavy atom. The van der Waals surface area contributed by atoms with E-state index < -0.39 is 22.6 Å². The van der Waals surface area contributed by atoms with Gasteiger partial charge in [0.1, 0.15) is 11.3 Å². The van der Waals surface area contributed by atoms with Gasteiger partial charge in [0.25, 0.3) is 5.69 Å².